The minimum Gasteiger partial charge on any atom is -0.444 e. The first-order valence-electron chi connectivity index (χ1n) is 7.75. The van der Waals surface area contributed by atoms with Crippen molar-refractivity contribution in [3.63, 3.8) is 0 Å². The molecule has 0 saturated carbocycles. The van der Waals surface area contributed by atoms with Crippen LogP contribution >= 0.6 is 0 Å². The number of benzene rings is 1. The summed E-state index contributed by atoms with van der Waals surface area (Å²) in [6.45, 7) is 0.881. The van der Waals surface area contributed by atoms with Gasteiger partial charge in [-0.2, -0.15) is 0 Å². The predicted octanol–water partition coefficient (Wildman–Crippen LogP) is 1.62. The average molecular weight is 331 g/mol. The first kappa shape index (κ1) is 16.2. The molecular formula is C17H18FN3O3. The lowest BCUT2D eigenvalue weighted by Gasteiger charge is -2.10. The van der Waals surface area contributed by atoms with Crippen molar-refractivity contribution in [2.45, 2.75) is 12.8 Å². The van der Waals surface area contributed by atoms with Gasteiger partial charge in [-0.15, -0.1) is 0 Å². The molecule has 126 valence electrons. The lowest BCUT2D eigenvalue weighted by molar-refractivity contribution is -0.128. The summed E-state index contributed by atoms with van der Waals surface area (Å²) in [5.74, 6) is -0.302. The van der Waals surface area contributed by atoms with Crippen molar-refractivity contribution in [2.75, 3.05) is 20.1 Å². The molecule has 1 aromatic heterocycles. The van der Waals surface area contributed by atoms with Crippen LogP contribution in [0.25, 0.3) is 11.5 Å². The third-order valence-electron chi connectivity index (χ3n) is 4.04. The lowest BCUT2D eigenvalue weighted by atomic mass is 10.1. The molecule has 1 aromatic carbocycles. The number of amides is 2. The van der Waals surface area contributed by atoms with E-state index in [1.165, 1.54) is 18.4 Å². The van der Waals surface area contributed by atoms with Gasteiger partial charge in [0.25, 0.3) is 0 Å². The van der Waals surface area contributed by atoms with E-state index in [0.29, 0.717) is 36.7 Å². The van der Waals surface area contributed by atoms with Gasteiger partial charge in [0.2, 0.25) is 17.7 Å². The normalized spacial score (nSPS) is 17.3. The van der Waals surface area contributed by atoms with Gasteiger partial charge in [0.1, 0.15) is 12.1 Å². The molecular weight excluding hydrogens is 313 g/mol. The average Bonchev–Trinajstić information content (AvgIpc) is 3.16. The van der Waals surface area contributed by atoms with Crippen LogP contribution in [0.1, 0.15) is 12.1 Å². The van der Waals surface area contributed by atoms with E-state index in [9.17, 15) is 14.0 Å². The molecule has 0 radical (unpaired) electrons. The number of rotatable bonds is 5. The number of likely N-dealkylation sites (tertiary alicyclic amines) is 1. The zero-order valence-electron chi connectivity index (χ0n) is 13.3. The standard InChI is InChI=1S/C17H18FN3O3/c1-21-9-12(8-15(21)22)16(23)19-7-6-14-10-24-17(20-14)11-2-4-13(18)5-3-11/h2-5,10,12H,6-9H2,1H3,(H,19,23). The quantitative estimate of drug-likeness (QED) is 0.903. The van der Waals surface area contributed by atoms with Crippen LogP contribution in [0.3, 0.4) is 0 Å². The van der Waals surface area contributed by atoms with Gasteiger partial charge >= 0.3 is 0 Å². The van der Waals surface area contributed by atoms with Gasteiger partial charge in [-0.3, -0.25) is 9.59 Å². The van der Waals surface area contributed by atoms with Gasteiger partial charge in [-0.05, 0) is 24.3 Å². The van der Waals surface area contributed by atoms with E-state index in [-0.39, 0.29) is 30.0 Å². The van der Waals surface area contributed by atoms with Crippen molar-refractivity contribution in [1.29, 1.82) is 0 Å². The van der Waals surface area contributed by atoms with Gasteiger partial charge in [0.05, 0.1) is 11.6 Å². The summed E-state index contributed by atoms with van der Waals surface area (Å²) < 4.78 is 18.3. The van der Waals surface area contributed by atoms with Crippen LogP contribution in [0.5, 0.6) is 0 Å². The van der Waals surface area contributed by atoms with Gasteiger partial charge in [0.15, 0.2) is 0 Å². The molecule has 0 bridgehead atoms. The smallest absolute Gasteiger partial charge is 0.226 e. The Hall–Kier alpha value is -2.70. The van der Waals surface area contributed by atoms with Crippen molar-refractivity contribution in [2.24, 2.45) is 5.92 Å². The molecule has 1 aliphatic heterocycles. The fourth-order valence-electron chi connectivity index (χ4n) is 2.64. The number of nitrogens with zero attached hydrogens (tertiary/aromatic N) is 2. The van der Waals surface area contributed by atoms with E-state index in [4.69, 9.17) is 4.42 Å². The number of aromatic nitrogens is 1. The fraction of sp³-hybridized carbons (Fsp3) is 0.353. The van der Waals surface area contributed by atoms with Crippen LogP contribution < -0.4 is 5.32 Å². The summed E-state index contributed by atoms with van der Waals surface area (Å²) in [6.07, 6.45) is 2.31. The Morgan fingerprint density at radius 1 is 1.42 bits per heavy atom. The number of carbonyl (C=O) groups excluding carboxylic acids is 2. The molecule has 3 rings (SSSR count). The van der Waals surface area contributed by atoms with Crippen LogP contribution in [0.4, 0.5) is 4.39 Å². The zero-order chi connectivity index (χ0) is 17.1. The number of nitrogens with one attached hydrogen (secondary N) is 1. The Morgan fingerprint density at radius 2 is 2.17 bits per heavy atom. The second kappa shape index (κ2) is 6.82. The van der Waals surface area contributed by atoms with Gasteiger partial charge in [-0.1, -0.05) is 0 Å². The molecule has 1 fully saturated rings. The summed E-state index contributed by atoms with van der Waals surface area (Å²) in [6, 6.07) is 5.89. The van der Waals surface area contributed by atoms with Crippen LogP contribution in [-0.2, 0) is 16.0 Å². The molecule has 0 spiro atoms. The molecule has 2 amide bonds. The SMILES string of the molecule is CN1CC(C(=O)NCCc2coc(-c3ccc(F)cc3)n2)CC1=O. The van der Waals surface area contributed by atoms with Gasteiger partial charge in [0, 0.05) is 38.5 Å². The Morgan fingerprint density at radius 3 is 2.83 bits per heavy atom. The molecule has 2 heterocycles. The lowest BCUT2D eigenvalue weighted by Crippen LogP contribution is -2.33. The van der Waals surface area contributed by atoms with E-state index in [1.807, 2.05) is 0 Å². The van der Waals surface area contributed by atoms with E-state index >= 15 is 0 Å². The monoisotopic (exact) mass is 331 g/mol. The molecule has 1 N–H and O–H groups in total. The zero-order valence-corrected chi connectivity index (χ0v) is 13.3. The van der Waals surface area contributed by atoms with Gasteiger partial charge < -0.3 is 14.6 Å². The van der Waals surface area contributed by atoms with Crippen LogP contribution in [0, 0.1) is 11.7 Å². The predicted molar refractivity (Wildman–Crippen MR) is 84.4 cm³/mol. The minimum absolute atomic E-state index is 0.00408. The van der Waals surface area contributed by atoms with Crippen LogP contribution in [0.15, 0.2) is 34.9 Å². The summed E-state index contributed by atoms with van der Waals surface area (Å²) in [4.78, 5) is 29.4. The molecule has 1 unspecified atom stereocenters. The van der Waals surface area contributed by atoms with Crippen LogP contribution in [0.2, 0.25) is 0 Å². The third kappa shape index (κ3) is 3.61. The summed E-state index contributed by atoms with van der Waals surface area (Å²) in [5.41, 5.74) is 1.40. The molecule has 24 heavy (non-hydrogen) atoms. The van der Waals surface area contributed by atoms with Crippen molar-refractivity contribution in [3.8, 4) is 11.5 Å². The van der Waals surface area contributed by atoms with E-state index in [2.05, 4.69) is 10.3 Å². The molecule has 2 aromatic rings. The Balaban J connectivity index is 1.50. The first-order valence-corrected chi connectivity index (χ1v) is 7.75. The van der Waals surface area contributed by atoms with Crippen molar-refractivity contribution >= 4 is 11.8 Å². The van der Waals surface area contributed by atoms with E-state index < -0.39 is 0 Å². The summed E-state index contributed by atoms with van der Waals surface area (Å²) in [7, 11) is 1.70. The molecule has 1 aliphatic rings. The third-order valence-corrected chi connectivity index (χ3v) is 4.04. The second-order valence-corrected chi connectivity index (χ2v) is 5.87. The summed E-state index contributed by atoms with van der Waals surface area (Å²) >= 11 is 0. The largest absolute Gasteiger partial charge is 0.444 e. The molecule has 1 atom stereocenters. The number of halogens is 1. The van der Waals surface area contributed by atoms with Crippen molar-refractivity contribution in [1.82, 2.24) is 15.2 Å². The van der Waals surface area contributed by atoms with Crippen LogP contribution in [-0.4, -0.2) is 41.8 Å². The highest BCUT2D eigenvalue weighted by Gasteiger charge is 2.31. The number of hydrogen-bond acceptors (Lipinski definition) is 4. The molecule has 7 heteroatoms. The maximum absolute atomic E-state index is 12.9. The second-order valence-electron chi connectivity index (χ2n) is 5.87. The van der Waals surface area contributed by atoms with Crippen molar-refractivity contribution < 1.29 is 18.4 Å². The maximum Gasteiger partial charge on any atom is 0.226 e. The first-order chi connectivity index (χ1) is 11.5. The van der Waals surface area contributed by atoms with Gasteiger partial charge in [-0.25, -0.2) is 9.37 Å². The maximum atomic E-state index is 12.9. The Labute approximate surface area is 138 Å². The minimum atomic E-state index is -0.315. The van der Waals surface area contributed by atoms with E-state index in [0.717, 1.165) is 0 Å². The Kier molecular flexibility index (Phi) is 4.59. The highest BCUT2D eigenvalue weighted by atomic mass is 19.1. The highest BCUT2D eigenvalue weighted by Crippen LogP contribution is 2.19. The topological polar surface area (TPSA) is 75.4 Å². The fourth-order valence-corrected chi connectivity index (χ4v) is 2.64. The summed E-state index contributed by atoms with van der Waals surface area (Å²) in [5, 5.41) is 2.82. The highest BCUT2D eigenvalue weighted by molar-refractivity contribution is 5.89. The molecule has 6 nitrogen and oxygen atoms in total. The number of carbonyl (C=O) groups is 2. The van der Waals surface area contributed by atoms with E-state index in [1.54, 1.807) is 24.1 Å². The molecule has 0 aliphatic carbocycles. The van der Waals surface area contributed by atoms with Crippen molar-refractivity contribution in [3.05, 3.63) is 42.0 Å². The molecule has 1 saturated heterocycles. The Bertz CT molecular complexity index is 742. The number of oxazole rings is 1. The number of hydrogen-bond donors (Lipinski definition) is 1.